The van der Waals surface area contributed by atoms with Crippen molar-refractivity contribution in [2.75, 3.05) is 13.1 Å². The van der Waals surface area contributed by atoms with E-state index in [1.807, 2.05) is 6.08 Å². The zero-order valence-corrected chi connectivity index (χ0v) is 9.43. The Kier molecular flexibility index (Phi) is 4.82. The van der Waals surface area contributed by atoms with Gasteiger partial charge in [0.05, 0.1) is 0 Å². The average molecular weight is 202 g/mol. The molecule has 2 heteroatoms. The molecule has 0 bridgehead atoms. The third-order valence-electron chi connectivity index (χ3n) is 2.92. The molecule has 1 aliphatic rings. The summed E-state index contributed by atoms with van der Waals surface area (Å²) < 4.78 is 0. The molecule has 0 saturated carbocycles. The van der Waals surface area contributed by atoms with Gasteiger partial charge in [-0.1, -0.05) is 31.0 Å². The van der Waals surface area contributed by atoms with Crippen molar-refractivity contribution in [1.82, 2.24) is 4.90 Å². The SMILES string of the molecule is CC1CCCC(C)N(C/C=C/Cl)C1. The van der Waals surface area contributed by atoms with Crippen LogP contribution >= 0.6 is 11.6 Å². The topological polar surface area (TPSA) is 3.24 Å². The van der Waals surface area contributed by atoms with E-state index in [0.29, 0.717) is 0 Å². The van der Waals surface area contributed by atoms with E-state index in [1.54, 1.807) is 5.54 Å². The molecular weight excluding hydrogens is 182 g/mol. The van der Waals surface area contributed by atoms with Crippen molar-refractivity contribution < 1.29 is 0 Å². The highest BCUT2D eigenvalue weighted by molar-refractivity contribution is 6.25. The average Bonchev–Trinajstić information content (AvgIpc) is 2.25. The predicted octanol–water partition coefficient (Wildman–Crippen LogP) is 3.25. The van der Waals surface area contributed by atoms with Crippen molar-refractivity contribution in [1.29, 1.82) is 0 Å². The first kappa shape index (κ1) is 11.1. The minimum absolute atomic E-state index is 0.720. The fourth-order valence-electron chi connectivity index (χ4n) is 2.05. The van der Waals surface area contributed by atoms with Crippen LogP contribution in [0.2, 0.25) is 0 Å². The van der Waals surface area contributed by atoms with Gasteiger partial charge in [-0.15, -0.1) is 0 Å². The molecule has 0 aromatic carbocycles. The molecule has 0 amide bonds. The van der Waals surface area contributed by atoms with Crippen molar-refractivity contribution >= 4 is 11.6 Å². The summed E-state index contributed by atoms with van der Waals surface area (Å²) in [4.78, 5) is 2.52. The Balaban J connectivity index is 2.46. The van der Waals surface area contributed by atoms with Crippen molar-refractivity contribution in [3.8, 4) is 0 Å². The summed E-state index contributed by atoms with van der Waals surface area (Å²) in [6.45, 7) is 6.90. The van der Waals surface area contributed by atoms with E-state index in [1.165, 1.54) is 25.8 Å². The summed E-state index contributed by atoms with van der Waals surface area (Å²) in [7, 11) is 0. The first-order valence-electron chi connectivity index (χ1n) is 5.23. The summed E-state index contributed by atoms with van der Waals surface area (Å²) in [5, 5.41) is 0. The standard InChI is InChI=1S/C11H20ClN/c1-10-5-3-6-11(2)13(9-10)8-4-7-12/h4,7,10-11H,3,5-6,8-9H2,1-2H3/b7-4+. The third kappa shape index (κ3) is 3.70. The highest BCUT2D eigenvalue weighted by Crippen LogP contribution is 2.20. The second-order valence-corrected chi connectivity index (χ2v) is 4.45. The molecule has 0 aromatic rings. The molecule has 1 rings (SSSR count). The number of nitrogens with zero attached hydrogens (tertiary/aromatic N) is 1. The van der Waals surface area contributed by atoms with Crippen LogP contribution in [0.3, 0.4) is 0 Å². The Labute approximate surface area is 86.8 Å². The van der Waals surface area contributed by atoms with E-state index in [2.05, 4.69) is 18.7 Å². The van der Waals surface area contributed by atoms with Crippen molar-refractivity contribution in [2.45, 2.75) is 39.2 Å². The number of hydrogen-bond donors (Lipinski definition) is 0. The normalized spacial score (nSPS) is 32.2. The molecule has 0 aliphatic carbocycles. The lowest BCUT2D eigenvalue weighted by molar-refractivity contribution is 0.216. The maximum atomic E-state index is 5.54. The zero-order valence-electron chi connectivity index (χ0n) is 8.67. The first-order chi connectivity index (χ1) is 6.24. The third-order valence-corrected chi connectivity index (χ3v) is 3.10. The summed E-state index contributed by atoms with van der Waals surface area (Å²) in [6.07, 6.45) is 6.13. The van der Waals surface area contributed by atoms with Gasteiger partial charge in [-0.25, -0.2) is 0 Å². The van der Waals surface area contributed by atoms with Crippen LogP contribution in [0.4, 0.5) is 0 Å². The predicted molar refractivity (Wildman–Crippen MR) is 59.0 cm³/mol. The van der Waals surface area contributed by atoms with Gasteiger partial charge < -0.3 is 0 Å². The Morgan fingerprint density at radius 1 is 1.38 bits per heavy atom. The Bertz CT molecular complexity index is 167. The van der Waals surface area contributed by atoms with E-state index in [9.17, 15) is 0 Å². The number of likely N-dealkylation sites (tertiary alicyclic amines) is 1. The van der Waals surface area contributed by atoms with Crippen molar-refractivity contribution in [3.05, 3.63) is 11.6 Å². The van der Waals surface area contributed by atoms with E-state index >= 15 is 0 Å². The fourth-order valence-corrected chi connectivity index (χ4v) is 2.13. The lowest BCUT2D eigenvalue weighted by Gasteiger charge is -2.26. The molecule has 0 spiro atoms. The molecule has 1 saturated heterocycles. The van der Waals surface area contributed by atoms with Crippen LogP contribution in [0.15, 0.2) is 11.6 Å². The maximum Gasteiger partial charge on any atom is 0.0177 e. The number of hydrogen-bond acceptors (Lipinski definition) is 1. The van der Waals surface area contributed by atoms with Crippen LogP contribution in [-0.2, 0) is 0 Å². The van der Waals surface area contributed by atoms with Gasteiger partial charge in [0.1, 0.15) is 0 Å². The van der Waals surface area contributed by atoms with E-state index in [4.69, 9.17) is 11.6 Å². The molecule has 13 heavy (non-hydrogen) atoms. The summed E-state index contributed by atoms with van der Waals surface area (Å²) in [6, 6.07) is 0.720. The Morgan fingerprint density at radius 3 is 2.85 bits per heavy atom. The lowest BCUT2D eigenvalue weighted by atomic mass is 10.1. The van der Waals surface area contributed by atoms with E-state index in [0.717, 1.165) is 18.5 Å². The van der Waals surface area contributed by atoms with Gasteiger partial charge in [-0.2, -0.15) is 0 Å². The lowest BCUT2D eigenvalue weighted by Crippen LogP contribution is -2.34. The van der Waals surface area contributed by atoms with Gasteiger partial charge in [0, 0.05) is 24.7 Å². The minimum atomic E-state index is 0.720. The molecule has 1 aliphatic heterocycles. The molecule has 2 unspecified atom stereocenters. The number of rotatable bonds is 2. The van der Waals surface area contributed by atoms with Crippen LogP contribution in [0.1, 0.15) is 33.1 Å². The van der Waals surface area contributed by atoms with Crippen LogP contribution in [-0.4, -0.2) is 24.0 Å². The summed E-state index contributed by atoms with van der Waals surface area (Å²) in [5.74, 6) is 0.841. The van der Waals surface area contributed by atoms with Gasteiger partial charge in [-0.3, -0.25) is 4.90 Å². The largest absolute Gasteiger partial charge is 0.297 e. The second kappa shape index (κ2) is 5.66. The van der Waals surface area contributed by atoms with Crippen molar-refractivity contribution in [2.24, 2.45) is 5.92 Å². The van der Waals surface area contributed by atoms with Crippen LogP contribution < -0.4 is 0 Å². The molecule has 1 heterocycles. The molecule has 1 fully saturated rings. The monoisotopic (exact) mass is 201 g/mol. The minimum Gasteiger partial charge on any atom is -0.297 e. The van der Waals surface area contributed by atoms with E-state index in [-0.39, 0.29) is 0 Å². The number of halogens is 1. The zero-order chi connectivity index (χ0) is 9.68. The first-order valence-corrected chi connectivity index (χ1v) is 5.67. The molecule has 1 nitrogen and oxygen atoms in total. The summed E-state index contributed by atoms with van der Waals surface area (Å²) >= 11 is 5.54. The van der Waals surface area contributed by atoms with E-state index < -0.39 is 0 Å². The quantitative estimate of drug-likeness (QED) is 0.663. The fraction of sp³-hybridized carbons (Fsp3) is 0.818. The molecule has 0 N–H and O–H groups in total. The van der Waals surface area contributed by atoms with Gasteiger partial charge in [0.2, 0.25) is 0 Å². The maximum absolute atomic E-state index is 5.54. The molecule has 0 radical (unpaired) electrons. The molecule has 0 aromatic heterocycles. The van der Waals surface area contributed by atoms with Crippen LogP contribution in [0.5, 0.6) is 0 Å². The van der Waals surface area contributed by atoms with Crippen molar-refractivity contribution in [3.63, 3.8) is 0 Å². The summed E-state index contributed by atoms with van der Waals surface area (Å²) in [5.41, 5.74) is 1.63. The highest BCUT2D eigenvalue weighted by atomic mass is 35.5. The second-order valence-electron chi connectivity index (χ2n) is 4.20. The van der Waals surface area contributed by atoms with Crippen LogP contribution in [0, 0.1) is 5.92 Å². The molecular formula is C11H20ClN. The smallest absolute Gasteiger partial charge is 0.0177 e. The van der Waals surface area contributed by atoms with Gasteiger partial charge in [-0.05, 0) is 25.7 Å². The molecule has 76 valence electrons. The van der Waals surface area contributed by atoms with Gasteiger partial charge in [0.25, 0.3) is 0 Å². The molecule has 2 atom stereocenters. The van der Waals surface area contributed by atoms with Crippen LogP contribution in [0.25, 0.3) is 0 Å². The Hall–Kier alpha value is -0.0100. The van der Waals surface area contributed by atoms with Gasteiger partial charge in [0.15, 0.2) is 0 Å². The van der Waals surface area contributed by atoms with Gasteiger partial charge >= 0.3 is 0 Å². The highest BCUT2D eigenvalue weighted by Gasteiger charge is 2.19. The Morgan fingerprint density at radius 2 is 2.15 bits per heavy atom.